The number of nitrogens with zero attached hydrogens (tertiary/aromatic N) is 1. The molecule has 4 heteroatoms. The lowest BCUT2D eigenvalue weighted by Gasteiger charge is -2.40. The second-order valence-corrected chi connectivity index (χ2v) is 6.63. The highest BCUT2D eigenvalue weighted by Crippen LogP contribution is 2.24. The van der Waals surface area contributed by atoms with Gasteiger partial charge in [-0.05, 0) is 65.5 Å². The van der Waals surface area contributed by atoms with Gasteiger partial charge in [0.15, 0.2) is 0 Å². The van der Waals surface area contributed by atoms with Crippen molar-refractivity contribution in [1.29, 1.82) is 0 Å². The van der Waals surface area contributed by atoms with Crippen LogP contribution in [0.15, 0.2) is 0 Å². The van der Waals surface area contributed by atoms with Crippen molar-refractivity contribution in [2.75, 3.05) is 26.2 Å². The van der Waals surface area contributed by atoms with E-state index in [0.717, 1.165) is 38.4 Å². The van der Waals surface area contributed by atoms with Crippen molar-refractivity contribution >= 4 is 5.97 Å². The Morgan fingerprint density at radius 2 is 2.10 bits per heavy atom. The summed E-state index contributed by atoms with van der Waals surface area (Å²) < 4.78 is 5.27. The van der Waals surface area contributed by atoms with Crippen LogP contribution >= 0.6 is 0 Å². The second kappa shape index (κ2) is 8.74. The van der Waals surface area contributed by atoms with E-state index >= 15 is 0 Å². The molecule has 0 saturated carbocycles. The number of piperidine rings is 1. The van der Waals surface area contributed by atoms with E-state index in [1.54, 1.807) is 0 Å². The zero-order valence-corrected chi connectivity index (χ0v) is 14.6. The highest BCUT2D eigenvalue weighted by Gasteiger charge is 2.35. The molecule has 0 amide bonds. The van der Waals surface area contributed by atoms with Gasteiger partial charge >= 0.3 is 5.97 Å². The number of hydrogen-bond donors (Lipinski definition) is 1. The minimum atomic E-state index is -0.563. The zero-order valence-electron chi connectivity index (χ0n) is 14.6. The van der Waals surface area contributed by atoms with Crippen LogP contribution < -0.4 is 5.32 Å². The molecule has 124 valence electrons. The Balaban J connectivity index is 2.61. The minimum absolute atomic E-state index is 0.115. The molecule has 1 N–H and O–H groups in total. The van der Waals surface area contributed by atoms with Crippen LogP contribution in [-0.2, 0) is 9.53 Å². The molecule has 1 saturated heterocycles. The van der Waals surface area contributed by atoms with Gasteiger partial charge in [0.2, 0.25) is 0 Å². The normalized spacial score (nSPS) is 26.3. The second-order valence-electron chi connectivity index (χ2n) is 6.63. The fourth-order valence-corrected chi connectivity index (χ4v) is 3.06. The molecule has 0 aliphatic carbocycles. The Labute approximate surface area is 130 Å². The fraction of sp³-hybridized carbons (Fsp3) is 0.941. The molecule has 1 fully saturated rings. The van der Waals surface area contributed by atoms with Gasteiger partial charge in [-0.25, -0.2) is 0 Å². The van der Waals surface area contributed by atoms with Crippen LogP contribution in [0, 0.1) is 5.92 Å². The Morgan fingerprint density at radius 1 is 1.38 bits per heavy atom. The van der Waals surface area contributed by atoms with E-state index in [4.69, 9.17) is 4.74 Å². The van der Waals surface area contributed by atoms with Crippen LogP contribution in [-0.4, -0.2) is 48.7 Å². The van der Waals surface area contributed by atoms with Crippen molar-refractivity contribution in [3.8, 4) is 0 Å². The summed E-state index contributed by atoms with van der Waals surface area (Å²) in [7, 11) is 0. The molecule has 0 radical (unpaired) electrons. The Kier molecular flexibility index (Phi) is 7.67. The smallest absolute Gasteiger partial charge is 0.326 e. The van der Waals surface area contributed by atoms with E-state index in [-0.39, 0.29) is 5.97 Å². The molecule has 3 unspecified atom stereocenters. The van der Waals surface area contributed by atoms with Crippen LogP contribution in [0.3, 0.4) is 0 Å². The van der Waals surface area contributed by atoms with E-state index in [2.05, 4.69) is 31.0 Å². The van der Waals surface area contributed by atoms with Gasteiger partial charge < -0.3 is 15.0 Å². The molecule has 4 nitrogen and oxygen atoms in total. The molecular formula is C17H34N2O2. The third-order valence-corrected chi connectivity index (χ3v) is 4.89. The van der Waals surface area contributed by atoms with Crippen LogP contribution in [0.5, 0.6) is 0 Å². The van der Waals surface area contributed by atoms with E-state index in [1.807, 2.05) is 13.8 Å². The summed E-state index contributed by atoms with van der Waals surface area (Å²) in [6, 6.07) is 0.608. The van der Waals surface area contributed by atoms with Crippen LogP contribution in [0.25, 0.3) is 0 Å². The van der Waals surface area contributed by atoms with Crippen LogP contribution in [0.1, 0.15) is 60.3 Å². The monoisotopic (exact) mass is 298 g/mol. The molecule has 1 aliphatic heterocycles. The summed E-state index contributed by atoms with van der Waals surface area (Å²) in [6.45, 7) is 14.0. The van der Waals surface area contributed by atoms with Crippen molar-refractivity contribution in [2.24, 2.45) is 5.92 Å². The lowest BCUT2D eigenvalue weighted by molar-refractivity contribution is -0.151. The number of hydrogen-bond acceptors (Lipinski definition) is 4. The first-order chi connectivity index (χ1) is 9.94. The number of ether oxygens (including phenoxy) is 1. The van der Waals surface area contributed by atoms with Gasteiger partial charge in [0.25, 0.3) is 0 Å². The van der Waals surface area contributed by atoms with Crippen molar-refractivity contribution in [3.05, 3.63) is 0 Å². The summed E-state index contributed by atoms with van der Waals surface area (Å²) in [5.74, 6) is 0.632. The highest BCUT2D eigenvalue weighted by molar-refractivity contribution is 5.80. The van der Waals surface area contributed by atoms with Crippen LogP contribution in [0.4, 0.5) is 0 Å². The highest BCUT2D eigenvalue weighted by atomic mass is 16.5. The molecule has 0 spiro atoms. The van der Waals surface area contributed by atoms with Crippen molar-refractivity contribution < 1.29 is 9.53 Å². The Morgan fingerprint density at radius 3 is 2.71 bits per heavy atom. The van der Waals surface area contributed by atoms with Gasteiger partial charge in [0.1, 0.15) is 5.54 Å². The lowest BCUT2D eigenvalue weighted by Crippen LogP contribution is -2.54. The summed E-state index contributed by atoms with van der Waals surface area (Å²) >= 11 is 0. The lowest BCUT2D eigenvalue weighted by atomic mass is 9.90. The summed E-state index contributed by atoms with van der Waals surface area (Å²) in [4.78, 5) is 14.8. The van der Waals surface area contributed by atoms with Crippen molar-refractivity contribution in [2.45, 2.75) is 71.9 Å². The SMILES string of the molecule is CCCNC(C)(CCN1CCCC(C)C1C)C(=O)OCC. The number of rotatable bonds is 8. The van der Waals surface area contributed by atoms with E-state index in [0.29, 0.717) is 12.6 Å². The first kappa shape index (κ1) is 18.4. The molecule has 21 heavy (non-hydrogen) atoms. The number of carbonyl (C=O) groups excluding carboxylic acids is 1. The van der Waals surface area contributed by atoms with Crippen molar-refractivity contribution in [3.63, 3.8) is 0 Å². The van der Waals surface area contributed by atoms with Gasteiger partial charge in [0, 0.05) is 12.6 Å². The average Bonchev–Trinajstić information content (AvgIpc) is 2.47. The number of nitrogens with one attached hydrogen (secondary N) is 1. The van der Waals surface area contributed by atoms with Crippen LogP contribution in [0.2, 0.25) is 0 Å². The van der Waals surface area contributed by atoms with Gasteiger partial charge in [0.05, 0.1) is 6.61 Å². The van der Waals surface area contributed by atoms with Crippen molar-refractivity contribution in [1.82, 2.24) is 10.2 Å². The van der Waals surface area contributed by atoms with Gasteiger partial charge in [-0.2, -0.15) is 0 Å². The number of likely N-dealkylation sites (tertiary alicyclic amines) is 1. The molecule has 1 heterocycles. The predicted octanol–water partition coefficient (Wildman–Crippen LogP) is 2.82. The fourth-order valence-electron chi connectivity index (χ4n) is 3.06. The molecular weight excluding hydrogens is 264 g/mol. The minimum Gasteiger partial charge on any atom is -0.465 e. The number of esters is 1. The molecule has 0 aromatic heterocycles. The quantitative estimate of drug-likeness (QED) is 0.700. The van der Waals surface area contributed by atoms with Gasteiger partial charge in [-0.3, -0.25) is 4.79 Å². The summed E-state index contributed by atoms with van der Waals surface area (Å²) in [5, 5.41) is 3.39. The maximum absolute atomic E-state index is 12.3. The number of carbonyl (C=O) groups is 1. The maximum Gasteiger partial charge on any atom is 0.326 e. The third-order valence-electron chi connectivity index (χ3n) is 4.89. The molecule has 1 aliphatic rings. The molecule has 0 bridgehead atoms. The van der Waals surface area contributed by atoms with E-state index < -0.39 is 5.54 Å². The van der Waals surface area contributed by atoms with E-state index in [9.17, 15) is 4.79 Å². The Bertz CT molecular complexity index is 322. The molecule has 0 aromatic rings. The maximum atomic E-state index is 12.3. The zero-order chi connectivity index (χ0) is 15.9. The third kappa shape index (κ3) is 5.26. The first-order valence-corrected chi connectivity index (χ1v) is 8.61. The predicted molar refractivity (Wildman–Crippen MR) is 87.4 cm³/mol. The summed E-state index contributed by atoms with van der Waals surface area (Å²) in [5.41, 5.74) is -0.563. The molecule has 1 rings (SSSR count). The largest absolute Gasteiger partial charge is 0.465 e. The standard InChI is InChI=1S/C17H34N2O2/c1-6-11-18-17(5,16(20)21-7-2)10-13-19-12-8-9-14(3)15(19)4/h14-15,18H,6-13H2,1-5H3. The van der Waals surface area contributed by atoms with E-state index in [1.165, 1.54) is 12.8 Å². The molecule has 3 atom stereocenters. The average molecular weight is 298 g/mol. The molecule has 0 aromatic carbocycles. The summed E-state index contributed by atoms with van der Waals surface area (Å²) in [6.07, 6.45) is 4.42. The first-order valence-electron chi connectivity index (χ1n) is 8.61. The van der Waals surface area contributed by atoms with Gasteiger partial charge in [-0.1, -0.05) is 13.8 Å². The Hall–Kier alpha value is -0.610. The topological polar surface area (TPSA) is 41.6 Å². The van der Waals surface area contributed by atoms with Gasteiger partial charge in [-0.15, -0.1) is 0 Å².